The smallest absolute Gasteiger partial charge is 0.358 e. The minimum atomic E-state index is -1.21. The van der Waals surface area contributed by atoms with Crippen molar-refractivity contribution < 1.29 is 24.2 Å². The lowest BCUT2D eigenvalue weighted by Crippen LogP contribution is -2.17. The zero-order valence-electron chi connectivity index (χ0n) is 15.0. The number of hydrogen-bond donors (Lipinski definition) is 1. The molecular weight excluding hydrogens is 553 g/mol. The van der Waals surface area contributed by atoms with Crippen LogP contribution in [0.15, 0.2) is 51.0 Å². The molecule has 2 aromatic carbocycles. The first-order valence-corrected chi connectivity index (χ1v) is 10.4. The van der Waals surface area contributed by atoms with Gasteiger partial charge in [0.2, 0.25) is 0 Å². The van der Waals surface area contributed by atoms with Crippen molar-refractivity contribution in [2.24, 2.45) is 5.16 Å². The normalized spacial score (nSPS) is 11.0. The number of halogens is 4. The van der Waals surface area contributed by atoms with Crippen LogP contribution in [0.4, 0.5) is 0 Å². The Morgan fingerprint density at radius 1 is 1.17 bits per heavy atom. The molecule has 154 valence electrons. The lowest BCUT2D eigenvalue weighted by molar-refractivity contribution is -0.129. The van der Waals surface area contributed by atoms with E-state index in [1.165, 1.54) is 7.11 Å². The molecule has 0 heterocycles. The minimum absolute atomic E-state index is 0.0678. The van der Waals surface area contributed by atoms with Crippen molar-refractivity contribution in [3.63, 3.8) is 0 Å². The Balaban J connectivity index is 2.20. The molecule has 2 aromatic rings. The summed E-state index contributed by atoms with van der Waals surface area (Å²) in [7, 11) is 1.28. The highest BCUT2D eigenvalue weighted by Crippen LogP contribution is 2.37. The largest absolute Gasteiger partial charge is 0.489 e. The van der Waals surface area contributed by atoms with E-state index >= 15 is 0 Å². The molecule has 0 atom stereocenters. The SMILES string of the molecule is CO/N=C(/C(=O)O)c1ccccc1COc1cc(Cl)c(OCC=C(Br)Br)c(Cl)c1. The van der Waals surface area contributed by atoms with E-state index < -0.39 is 5.97 Å². The van der Waals surface area contributed by atoms with E-state index in [0.29, 0.717) is 22.6 Å². The van der Waals surface area contributed by atoms with Crippen molar-refractivity contribution in [2.75, 3.05) is 13.7 Å². The number of rotatable bonds is 9. The first-order valence-electron chi connectivity index (χ1n) is 8.02. The standard InChI is InChI=1S/C19H15Br2Cl2NO5/c1-27-24-17(19(25)26)13-5-3-2-4-11(13)10-29-12-8-14(22)18(15(23)9-12)28-7-6-16(20)21/h2-6,8-9H,7,10H2,1H3,(H,25,26)/b24-17+. The summed E-state index contributed by atoms with van der Waals surface area (Å²) in [6, 6.07) is 9.96. The summed E-state index contributed by atoms with van der Waals surface area (Å²) >= 11 is 19.0. The Morgan fingerprint density at radius 2 is 1.83 bits per heavy atom. The van der Waals surface area contributed by atoms with E-state index in [1.807, 2.05) is 0 Å². The van der Waals surface area contributed by atoms with Gasteiger partial charge in [-0.15, -0.1) is 0 Å². The average Bonchev–Trinajstić information content (AvgIpc) is 2.66. The first-order chi connectivity index (χ1) is 13.8. The summed E-state index contributed by atoms with van der Waals surface area (Å²) in [5, 5.41) is 13.5. The topological polar surface area (TPSA) is 77.4 Å². The summed E-state index contributed by atoms with van der Waals surface area (Å²) in [6.45, 7) is 0.327. The monoisotopic (exact) mass is 565 g/mol. The molecule has 29 heavy (non-hydrogen) atoms. The average molecular weight is 568 g/mol. The van der Waals surface area contributed by atoms with Crippen molar-refractivity contribution >= 4 is 66.7 Å². The molecule has 0 radical (unpaired) electrons. The Labute approximate surface area is 194 Å². The maximum absolute atomic E-state index is 11.5. The predicted octanol–water partition coefficient (Wildman–Crippen LogP) is 6.02. The zero-order chi connectivity index (χ0) is 21.4. The molecule has 0 bridgehead atoms. The summed E-state index contributed by atoms with van der Waals surface area (Å²) in [6.07, 6.45) is 1.75. The van der Waals surface area contributed by atoms with Gasteiger partial charge in [0.05, 0.1) is 13.4 Å². The third-order valence-electron chi connectivity index (χ3n) is 3.49. The number of carbonyl (C=O) groups is 1. The van der Waals surface area contributed by atoms with Gasteiger partial charge in [-0.3, -0.25) is 0 Å². The number of nitrogens with zero attached hydrogens (tertiary/aromatic N) is 1. The number of aliphatic carboxylic acids is 1. The van der Waals surface area contributed by atoms with Crippen LogP contribution in [0.1, 0.15) is 11.1 Å². The zero-order valence-corrected chi connectivity index (χ0v) is 19.7. The molecule has 0 aliphatic heterocycles. The molecule has 0 saturated carbocycles. The van der Waals surface area contributed by atoms with E-state index in [-0.39, 0.29) is 29.0 Å². The summed E-state index contributed by atoms with van der Waals surface area (Å²) in [5.74, 6) is -0.477. The lowest BCUT2D eigenvalue weighted by atomic mass is 10.0. The molecule has 0 aliphatic carbocycles. The summed E-state index contributed by atoms with van der Waals surface area (Å²) < 4.78 is 12.1. The Hall–Kier alpha value is -1.74. The van der Waals surface area contributed by atoms with Crippen LogP contribution in [0, 0.1) is 0 Å². The van der Waals surface area contributed by atoms with Crippen LogP contribution in [0.3, 0.4) is 0 Å². The van der Waals surface area contributed by atoms with E-state index in [0.717, 1.165) is 3.39 Å². The van der Waals surface area contributed by atoms with Gasteiger partial charge >= 0.3 is 5.97 Å². The first kappa shape index (κ1) is 23.5. The van der Waals surface area contributed by atoms with Crippen molar-refractivity contribution in [1.29, 1.82) is 0 Å². The fourth-order valence-electron chi connectivity index (χ4n) is 2.28. The molecule has 0 fully saturated rings. The highest BCUT2D eigenvalue weighted by Gasteiger charge is 2.18. The van der Waals surface area contributed by atoms with Crippen LogP contribution in [0.5, 0.6) is 11.5 Å². The van der Waals surface area contributed by atoms with Crippen molar-refractivity contribution in [3.05, 3.63) is 67.0 Å². The highest BCUT2D eigenvalue weighted by atomic mass is 79.9. The quantitative estimate of drug-likeness (QED) is 0.296. The molecular formula is C19H15Br2Cl2NO5. The molecule has 10 heteroatoms. The van der Waals surface area contributed by atoms with Crippen LogP contribution in [0.25, 0.3) is 0 Å². The Kier molecular flexibility index (Phi) is 9.29. The molecule has 0 spiro atoms. The van der Waals surface area contributed by atoms with Crippen LogP contribution >= 0.6 is 55.1 Å². The number of carboxylic acid groups (broad SMARTS) is 1. The van der Waals surface area contributed by atoms with Gasteiger partial charge in [-0.2, -0.15) is 0 Å². The van der Waals surface area contributed by atoms with Crippen LogP contribution in [0.2, 0.25) is 10.0 Å². The number of oxime groups is 1. The fraction of sp³-hybridized carbons (Fsp3) is 0.158. The van der Waals surface area contributed by atoms with Gasteiger partial charge in [0, 0.05) is 17.7 Å². The van der Waals surface area contributed by atoms with Gasteiger partial charge in [0.15, 0.2) is 11.5 Å². The number of ether oxygens (including phenoxy) is 2. The fourth-order valence-corrected chi connectivity index (χ4v) is 3.12. The molecule has 2 rings (SSSR count). The Bertz CT molecular complexity index is 923. The second kappa shape index (κ2) is 11.4. The molecule has 0 saturated heterocycles. The second-order valence-electron chi connectivity index (χ2n) is 5.39. The van der Waals surface area contributed by atoms with Crippen molar-refractivity contribution in [1.82, 2.24) is 0 Å². The van der Waals surface area contributed by atoms with Gasteiger partial charge in [-0.1, -0.05) is 52.6 Å². The number of benzene rings is 2. The molecule has 0 aliphatic rings. The van der Waals surface area contributed by atoms with Gasteiger partial charge < -0.3 is 19.4 Å². The van der Waals surface area contributed by atoms with Gasteiger partial charge in [0.25, 0.3) is 0 Å². The van der Waals surface area contributed by atoms with Crippen LogP contribution < -0.4 is 9.47 Å². The highest BCUT2D eigenvalue weighted by molar-refractivity contribution is 9.28. The Morgan fingerprint density at radius 3 is 2.41 bits per heavy atom. The van der Waals surface area contributed by atoms with Crippen molar-refractivity contribution in [3.8, 4) is 11.5 Å². The van der Waals surface area contributed by atoms with Gasteiger partial charge in [-0.05, 0) is 43.5 Å². The second-order valence-corrected chi connectivity index (χ2v) is 8.98. The lowest BCUT2D eigenvalue weighted by Gasteiger charge is -2.13. The molecule has 0 aromatic heterocycles. The van der Waals surface area contributed by atoms with E-state index in [1.54, 1.807) is 42.5 Å². The van der Waals surface area contributed by atoms with Gasteiger partial charge in [-0.25, -0.2) is 4.79 Å². The summed E-state index contributed by atoms with van der Waals surface area (Å²) in [5.41, 5.74) is 0.759. The molecule has 6 nitrogen and oxygen atoms in total. The van der Waals surface area contributed by atoms with Gasteiger partial charge in [0.1, 0.15) is 26.1 Å². The van der Waals surface area contributed by atoms with E-state index in [4.69, 9.17) is 32.7 Å². The number of hydrogen-bond acceptors (Lipinski definition) is 5. The third kappa shape index (κ3) is 6.92. The molecule has 0 unspecified atom stereocenters. The third-order valence-corrected chi connectivity index (χ3v) is 4.70. The van der Waals surface area contributed by atoms with E-state index in [9.17, 15) is 9.90 Å². The van der Waals surface area contributed by atoms with Crippen LogP contribution in [-0.2, 0) is 16.2 Å². The summed E-state index contributed by atoms with van der Waals surface area (Å²) in [4.78, 5) is 16.1. The maximum atomic E-state index is 11.5. The number of carboxylic acids is 1. The maximum Gasteiger partial charge on any atom is 0.358 e. The van der Waals surface area contributed by atoms with Crippen molar-refractivity contribution in [2.45, 2.75) is 6.61 Å². The minimum Gasteiger partial charge on any atom is -0.489 e. The molecule has 0 amide bonds. The molecule has 1 N–H and O–H groups in total. The van der Waals surface area contributed by atoms with E-state index in [2.05, 4.69) is 41.9 Å². The van der Waals surface area contributed by atoms with Crippen LogP contribution in [-0.4, -0.2) is 30.5 Å². The predicted molar refractivity (Wildman–Crippen MR) is 120 cm³/mol.